The van der Waals surface area contributed by atoms with E-state index in [0.717, 1.165) is 5.69 Å². The van der Waals surface area contributed by atoms with Crippen LogP contribution in [0.15, 0.2) is 24.3 Å². The normalized spacial score (nSPS) is 10.4. The molecule has 0 spiro atoms. The summed E-state index contributed by atoms with van der Waals surface area (Å²) in [5, 5.41) is 3.31. The molecule has 0 radical (unpaired) electrons. The van der Waals surface area contributed by atoms with Gasteiger partial charge in [0.15, 0.2) is 0 Å². The van der Waals surface area contributed by atoms with Crippen molar-refractivity contribution in [3.8, 4) is 11.8 Å². The number of hydrogen-bond donors (Lipinski definition) is 1. The largest absolute Gasteiger partial charge is 0.378 e. The quantitative estimate of drug-likeness (QED) is 0.802. The molecule has 0 saturated heterocycles. The molecule has 0 unspecified atom stereocenters. The van der Waals surface area contributed by atoms with Crippen molar-refractivity contribution in [2.24, 2.45) is 5.41 Å². The Kier molecular flexibility index (Phi) is 4.45. The molecular formula is C15H22N2. The zero-order chi connectivity index (χ0) is 12.9. The fourth-order valence-corrected chi connectivity index (χ4v) is 1.35. The van der Waals surface area contributed by atoms with Gasteiger partial charge in [-0.15, -0.1) is 0 Å². The highest BCUT2D eigenvalue weighted by atomic mass is 15.1. The van der Waals surface area contributed by atoms with Crippen molar-refractivity contribution in [3.05, 3.63) is 24.3 Å². The van der Waals surface area contributed by atoms with Gasteiger partial charge in [-0.25, -0.2) is 0 Å². The Bertz CT molecular complexity index is 417. The van der Waals surface area contributed by atoms with Crippen LogP contribution in [0.3, 0.4) is 0 Å². The van der Waals surface area contributed by atoms with Crippen LogP contribution in [0.25, 0.3) is 0 Å². The predicted molar refractivity (Wildman–Crippen MR) is 76.5 cm³/mol. The summed E-state index contributed by atoms with van der Waals surface area (Å²) in [6.45, 7) is 7.04. The minimum atomic E-state index is 0.0766. The van der Waals surface area contributed by atoms with E-state index >= 15 is 0 Å². The fourth-order valence-electron chi connectivity index (χ4n) is 1.35. The minimum absolute atomic E-state index is 0.0766. The first-order chi connectivity index (χ1) is 7.88. The van der Waals surface area contributed by atoms with Gasteiger partial charge in [0.25, 0.3) is 0 Å². The van der Waals surface area contributed by atoms with Gasteiger partial charge in [0.1, 0.15) is 0 Å². The van der Waals surface area contributed by atoms with Gasteiger partial charge in [-0.05, 0) is 39.0 Å². The van der Waals surface area contributed by atoms with Crippen molar-refractivity contribution >= 4 is 11.4 Å². The molecule has 0 atom stereocenters. The first-order valence-electron chi connectivity index (χ1n) is 5.90. The van der Waals surface area contributed by atoms with Gasteiger partial charge in [-0.2, -0.15) is 0 Å². The maximum absolute atomic E-state index is 3.31. The van der Waals surface area contributed by atoms with Crippen molar-refractivity contribution in [1.29, 1.82) is 0 Å². The molecule has 2 heteroatoms. The highest BCUT2D eigenvalue weighted by Gasteiger charge is 2.02. The number of nitrogens with zero attached hydrogens (tertiary/aromatic N) is 1. The number of anilines is 2. The second-order valence-electron chi connectivity index (χ2n) is 5.35. The third kappa shape index (κ3) is 5.31. The Morgan fingerprint density at radius 2 is 1.94 bits per heavy atom. The second-order valence-corrected chi connectivity index (χ2v) is 5.35. The summed E-state index contributed by atoms with van der Waals surface area (Å²) in [4.78, 5) is 2.09. The van der Waals surface area contributed by atoms with E-state index in [-0.39, 0.29) is 5.41 Å². The van der Waals surface area contributed by atoms with Crippen molar-refractivity contribution in [3.63, 3.8) is 0 Å². The van der Waals surface area contributed by atoms with Gasteiger partial charge in [-0.1, -0.05) is 17.9 Å². The van der Waals surface area contributed by atoms with E-state index < -0.39 is 0 Å². The topological polar surface area (TPSA) is 15.3 Å². The lowest BCUT2D eigenvalue weighted by Gasteiger charge is -2.13. The van der Waals surface area contributed by atoms with E-state index in [1.807, 2.05) is 14.1 Å². The molecule has 0 aliphatic carbocycles. The smallest absolute Gasteiger partial charge is 0.0766 e. The van der Waals surface area contributed by atoms with Gasteiger partial charge in [0, 0.05) is 30.9 Å². The van der Waals surface area contributed by atoms with Crippen molar-refractivity contribution in [2.45, 2.75) is 20.8 Å². The van der Waals surface area contributed by atoms with Crippen LogP contribution < -0.4 is 10.2 Å². The maximum Gasteiger partial charge on any atom is 0.0766 e. The molecule has 0 fully saturated rings. The summed E-state index contributed by atoms with van der Waals surface area (Å²) < 4.78 is 0. The second kappa shape index (κ2) is 5.63. The molecule has 1 aromatic rings. The van der Waals surface area contributed by atoms with Crippen LogP contribution in [-0.4, -0.2) is 20.6 Å². The summed E-state index contributed by atoms with van der Waals surface area (Å²) in [6, 6.07) is 8.32. The summed E-state index contributed by atoms with van der Waals surface area (Å²) in [5.74, 6) is 6.35. The van der Waals surface area contributed by atoms with Gasteiger partial charge in [0.05, 0.1) is 6.54 Å². The Morgan fingerprint density at radius 3 is 2.53 bits per heavy atom. The number of hydrogen-bond acceptors (Lipinski definition) is 2. The molecule has 1 N–H and O–H groups in total. The first kappa shape index (κ1) is 13.4. The SMILES string of the molecule is CN(C)c1cccc(NCC#CC(C)(C)C)c1. The molecule has 0 saturated carbocycles. The lowest BCUT2D eigenvalue weighted by Crippen LogP contribution is -2.09. The molecule has 0 aliphatic heterocycles. The molecular weight excluding hydrogens is 208 g/mol. The molecule has 92 valence electrons. The van der Waals surface area contributed by atoms with Gasteiger partial charge in [-0.3, -0.25) is 0 Å². The minimum Gasteiger partial charge on any atom is -0.378 e. The molecule has 0 amide bonds. The van der Waals surface area contributed by atoms with Crippen LogP contribution in [0.1, 0.15) is 20.8 Å². The molecule has 0 bridgehead atoms. The van der Waals surface area contributed by atoms with Crippen molar-refractivity contribution in [2.75, 3.05) is 30.9 Å². The van der Waals surface area contributed by atoms with Crippen molar-refractivity contribution in [1.82, 2.24) is 0 Å². The molecule has 1 rings (SSSR count). The van der Waals surface area contributed by atoms with Crippen LogP contribution >= 0.6 is 0 Å². The summed E-state index contributed by atoms with van der Waals surface area (Å²) >= 11 is 0. The number of benzene rings is 1. The van der Waals surface area contributed by atoms with Gasteiger partial charge >= 0.3 is 0 Å². The van der Waals surface area contributed by atoms with E-state index in [1.165, 1.54) is 5.69 Å². The van der Waals surface area contributed by atoms with E-state index in [2.05, 4.69) is 67.1 Å². The van der Waals surface area contributed by atoms with Gasteiger partial charge < -0.3 is 10.2 Å². The molecule has 2 nitrogen and oxygen atoms in total. The molecule has 1 aromatic carbocycles. The lowest BCUT2D eigenvalue weighted by atomic mass is 9.98. The highest BCUT2D eigenvalue weighted by Crippen LogP contribution is 2.16. The predicted octanol–water partition coefficient (Wildman–Crippen LogP) is 3.21. The monoisotopic (exact) mass is 230 g/mol. The highest BCUT2D eigenvalue weighted by molar-refractivity contribution is 5.57. The summed E-state index contributed by atoms with van der Waals surface area (Å²) in [6.07, 6.45) is 0. The first-order valence-corrected chi connectivity index (χ1v) is 5.90. The molecule has 0 aromatic heterocycles. The Balaban J connectivity index is 2.57. The van der Waals surface area contributed by atoms with E-state index in [1.54, 1.807) is 0 Å². The Hall–Kier alpha value is -1.62. The molecule has 0 aliphatic rings. The standard InChI is InChI=1S/C15H22N2/c1-15(2,3)10-7-11-16-13-8-6-9-14(12-13)17(4)5/h6,8-9,12,16H,11H2,1-5H3. The lowest BCUT2D eigenvalue weighted by molar-refractivity contribution is 0.570. The van der Waals surface area contributed by atoms with Crippen LogP contribution in [0.5, 0.6) is 0 Å². The molecule has 0 heterocycles. The Morgan fingerprint density at radius 1 is 1.24 bits per heavy atom. The van der Waals surface area contributed by atoms with Crippen molar-refractivity contribution < 1.29 is 0 Å². The van der Waals surface area contributed by atoms with Crippen LogP contribution in [-0.2, 0) is 0 Å². The average molecular weight is 230 g/mol. The van der Waals surface area contributed by atoms with Gasteiger partial charge in [0.2, 0.25) is 0 Å². The van der Waals surface area contributed by atoms with Crippen LogP contribution in [0, 0.1) is 17.3 Å². The summed E-state index contributed by atoms with van der Waals surface area (Å²) in [5.41, 5.74) is 2.38. The van der Waals surface area contributed by atoms with E-state index in [0.29, 0.717) is 6.54 Å². The zero-order valence-electron chi connectivity index (χ0n) is 11.5. The average Bonchev–Trinajstić information content (AvgIpc) is 2.23. The fraction of sp³-hybridized carbons (Fsp3) is 0.467. The van der Waals surface area contributed by atoms with E-state index in [9.17, 15) is 0 Å². The number of nitrogens with one attached hydrogen (secondary N) is 1. The summed E-state index contributed by atoms with van der Waals surface area (Å²) in [7, 11) is 4.08. The third-order valence-electron chi connectivity index (χ3n) is 2.21. The maximum atomic E-state index is 3.31. The van der Waals surface area contributed by atoms with E-state index in [4.69, 9.17) is 0 Å². The van der Waals surface area contributed by atoms with Crippen LogP contribution in [0.4, 0.5) is 11.4 Å². The van der Waals surface area contributed by atoms with Crippen LogP contribution in [0.2, 0.25) is 0 Å². The Labute approximate surface area is 105 Å². The third-order valence-corrected chi connectivity index (χ3v) is 2.21. The molecule has 17 heavy (non-hydrogen) atoms. The zero-order valence-corrected chi connectivity index (χ0v) is 11.5. The number of rotatable bonds is 3.